The molecule has 4 heteroatoms. The van der Waals surface area contributed by atoms with Crippen LogP contribution in [0.3, 0.4) is 0 Å². The average Bonchev–Trinajstić information content (AvgIpc) is 2.76. The van der Waals surface area contributed by atoms with Crippen molar-refractivity contribution in [3.8, 4) is 11.5 Å². The van der Waals surface area contributed by atoms with Crippen molar-refractivity contribution >= 4 is 0 Å². The van der Waals surface area contributed by atoms with Crippen molar-refractivity contribution in [3.63, 3.8) is 0 Å². The van der Waals surface area contributed by atoms with Gasteiger partial charge in [-0.1, -0.05) is 18.9 Å². The molecule has 0 saturated carbocycles. The lowest BCUT2D eigenvalue weighted by molar-refractivity contribution is 0.0181. The quantitative estimate of drug-likeness (QED) is 0.876. The molecule has 1 aromatic carbocycles. The van der Waals surface area contributed by atoms with Gasteiger partial charge < -0.3 is 19.9 Å². The number of rotatable bonds is 5. The Labute approximate surface area is 127 Å². The van der Waals surface area contributed by atoms with Crippen molar-refractivity contribution in [1.82, 2.24) is 5.32 Å². The summed E-state index contributed by atoms with van der Waals surface area (Å²) in [5.41, 5.74) is 0.299. The summed E-state index contributed by atoms with van der Waals surface area (Å²) in [6.07, 6.45) is 5.25. The number of hydrogen-bond donors (Lipinski definition) is 2. The topological polar surface area (TPSA) is 50.7 Å². The van der Waals surface area contributed by atoms with Crippen LogP contribution in [-0.2, 0) is 6.42 Å². The number of aliphatic hydroxyl groups is 1. The maximum absolute atomic E-state index is 10.9. The molecule has 0 bridgehead atoms. The fraction of sp³-hybridized carbons (Fsp3) is 0.647. The Morgan fingerprint density at radius 1 is 1.19 bits per heavy atom. The van der Waals surface area contributed by atoms with Gasteiger partial charge in [0.05, 0.1) is 19.8 Å². The van der Waals surface area contributed by atoms with Crippen LogP contribution in [0.25, 0.3) is 0 Å². The minimum absolute atomic E-state index is 0.146. The Hall–Kier alpha value is -1.26. The molecule has 2 N–H and O–H groups in total. The van der Waals surface area contributed by atoms with E-state index in [2.05, 4.69) is 5.32 Å². The molecule has 2 rings (SSSR count). The fourth-order valence-corrected chi connectivity index (χ4v) is 3.09. The largest absolute Gasteiger partial charge is 0.493 e. The monoisotopic (exact) mass is 293 g/mol. The molecule has 2 unspecified atom stereocenters. The molecule has 1 heterocycles. The highest BCUT2D eigenvalue weighted by Crippen LogP contribution is 2.30. The van der Waals surface area contributed by atoms with Gasteiger partial charge in [0.2, 0.25) is 0 Å². The number of hydrogen-bond acceptors (Lipinski definition) is 4. The number of methoxy groups -OCH3 is 2. The maximum Gasteiger partial charge on any atom is 0.160 e. The molecule has 4 nitrogen and oxygen atoms in total. The van der Waals surface area contributed by atoms with Crippen molar-refractivity contribution in [3.05, 3.63) is 23.8 Å². The van der Waals surface area contributed by atoms with Crippen molar-refractivity contribution in [1.29, 1.82) is 0 Å². The predicted molar refractivity (Wildman–Crippen MR) is 84.1 cm³/mol. The molecule has 2 atom stereocenters. The molecule has 0 spiro atoms. The molecule has 0 aliphatic carbocycles. The maximum atomic E-state index is 10.9. The molecule has 0 aromatic heterocycles. The molecule has 1 aliphatic heterocycles. The summed E-state index contributed by atoms with van der Waals surface area (Å²) in [6.45, 7) is 2.92. The number of ether oxygens (including phenoxy) is 2. The summed E-state index contributed by atoms with van der Waals surface area (Å²) >= 11 is 0. The van der Waals surface area contributed by atoms with Crippen LogP contribution in [0, 0.1) is 0 Å². The van der Waals surface area contributed by atoms with E-state index in [-0.39, 0.29) is 6.04 Å². The summed E-state index contributed by atoms with van der Waals surface area (Å²) in [4.78, 5) is 0. The molecular formula is C17H27NO3. The molecule has 1 fully saturated rings. The van der Waals surface area contributed by atoms with E-state index < -0.39 is 5.60 Å². The van der Waals surface area contributed by atoms with Gasteiger partial charge in [-0.25, -0.2) is 0 Å². The van der Waals surface area contributed by atoms with Crippen LogP contribution >= 0.6 is 0 Å². The standard InChI is InChI=1S/C17H27NO3/c1-17(19,16-7-5-4-6-10-18-16)12-13-8-9-14(20-2)15(11-13)21-3/h8-9,11,16,18-19H,4-7,10,12H2,1-3H3. The zero-order chi connectivity index (χ0) is 15.3. The van der Waals surface area contributed by atoms with E-state index in [1.54, 1.807) is 14.2 Å². The molecule has 0 radical (unpaired) electrons. The van der Waals surface area contributed by atoms with Crippen LogP contribution in [0.4, 0.5) is 0 Å². The van der Waals surface area contributed by atoms with Gasteiger partial charge in [-0.15, -0.1) is 0 Å². The molecule has 0 amide bonds. The Bertz CT molecular complexity index is 451. The smallest absolute Gasteiger partial charge is 0.160 e. The highest BCUT2D eigenvalue weighted by Gasteiger charge is 2.32. The summed E-state index contributed by atoms with van der Waals surface area (Å²) < 4.78 is 10.6. The number of benzene rings is 1. The zero-order valence-corrected chi connectivity index (χ0v) is 13.3. The normalized spacial score (nSPS) is 22.2. The minimum Gasteiger partial charge on any atom is -0.493 e. The second kappa shape index (κ2) is 7.14. The third-order valence-corrected chi connectivity index (χ3v) is 4.32. The van der Waals surface area contributed by atoms with E-state index in [9.17, 15) is 5.11 Å². The SMILES string of the molecule is COc1ccc(CC(C)(O)C2CCCCCN2)cc1OC. The third kappa shape index (κ3) is 4.11. The van der Waals surface area contributed by atoms with Crippen LogP contribution < -0.4 is 14.8 Å². The van der Waals surface area contributed by atoms with Gasteiger partial charge in [-0.3, -0.25) is 0 Å². The van der Waals surface area contributed by atoms with E-state index in [0.29, 0.717) is 17.9 Å². The molecule has 1 aromatic rings. The molecule has 1 aliphatic rings. The summed E-state index contributed by atoms with van der Waals surface area (Å²) in [6, 6.07) is 5.98. The molecular weight excluding hydrogens is 266 g/mol. The first-order chi connectivity index (χ1) is 10.1. The van der Waals surface area contributed by atoms with Crippen LogP contribution in [0.5, 0.6) is 11.5 Å². The lowest BCUT2D eigenvalue weighted by Crippen LogP contribution is -2.49. The summed E-state index contributed by atoms with van der Waals surface area (Å²) in [5.74, 6) is 1.42. The average molecular weight is 293 g/mol. The second-order valence-corrected chi connectivity index (χ2v) is 6.08. The van der Waals surface area contributed by atoms with E-state index >= 15 is 0 Å². The van der Waals surface area contributed by atoms with Gasteiger partial charge in [0.1, 0.15) is 0 Å². The molecule has 118 valence electrons. The van der Waals surface area contributed by atoms with Crippen molar-refractivity contribution < 1.29 is 14.6 Å². The van der Waals surface area contributed by atoms with Crippen molar-refractivity contribution in [2.45, 2.75) is 50.7 Å². The Morgan fingerprint density at radius 3 is 2.67 bits per heavy atom. The van der Waals surface area contributed by atoms with Gasteiger partial charge in [0, 0.05) is 12.5 Å². The van der Waals surface area contributed by atoms with Gasteiger partial charge in [-0.05, 0) is 44.0 Å². The van der Waals surface area contributed by atoms with Gasteiger partial charge in [-0.2, -0.15) is 0 Å². The first kappa shape index (κ1) is 16.1. The second-order valence-electron chi connectivity index (χ2n) is 6.08. The third-order valence-electron chi connectivity index (χ3n) is 4.32. The highest BCUT2D eigenvalue weighted by molar-refractivity contribution is 5.43. The Balaban J connectivity index is 2.11. The van der Waals surface area contributed by atoms with Crippen LogP contribution in [0.2, 0.25) is 0 Å². The van der Waals surface area contributed by atoms with E-state index in [1.807, 2.05) is 25.1 Å². The van der Waals surface area contributed by atoms with Crippen LogP contribution in [-0.4, -0.2) is 37.5 Å². The van der Waals surface area contributed by atoms with Gasteiger partial charge in [0.25, 0.3) is 0 Å². The summed E-state index contributed by atoms with van der Waals surface area (Å²) in [7, 11) is 3.26. The van der Waals surface area contributed by atoms with E-state index in [1.165, 1.54) is 19.3 Å². The molecule has 1 saturated heterocycles. The van der Waals surface area contributed by atoms with Crippen LogP contribution in [0.1, 0.15) is 38.2 Å². The predicted octanol–water partition coefficient (Wildman–Crippen LogP) is 2.53. The van der Waals surface area contributed by atoms with E-state index in [0.717, 1.165) is 18.5 Å². The van der Waals surface area contributed by atoms with Crippen molar-refractivity contribution in [2.75, 3.05) is 20.8 Å². The van der Waals surface area contributed by atoms with E-state index in [4.69, 9.17) is 9.47 Å². The Kier molecular flexibility index (Phi) is 5.48. The fourth-order valence-electron chi connectivity index (χ4n) is 3.09. The zero-order valence-electron chi connectivity index (χ0n) is 13.3. The first-order valence-electron chi connectivity index (χ1n) is 7.73. The minimum atomic E-state index is -0.760. The van der Waals surface area contributed by atoms with Gasteiger partial charge in [0.15, 0.2) is 11.5 Å². The first-order valence-corrected chi connectivity index (χ1v) is 7.73. The lowest BCUT2D eigenvalue weighted by Gasteiger charge is -2.33. The van der Waals surface area contributed by atoms with Gasteiger partial charge >= 0.3 is 0 Å². The summed E-state index contributed by atoms with van der Waals surface area (Å²) in [5, 5.41) is 14.4. The Morgan fingerprint density at radius 2 is 1.95 bits per heavy atom. The van der Waals surface area contributed by atoms with Crippen LogP contribution in [0.15, 0.2) is 18.2 Å². The number of nitrogens with one attached hydrogen (secondary N) is 1. The lowest BCUT2D eigenvalue weighted by atomic mass is 9.86. The van der Waals surface area contributed by atoms with Crippen molar-refractivity contribution in [2.24, 2.45) is 0 Å². The molecule has 21 heavy (non-hydrogen) atoms. The highest BCUT2D eigenvalue weighted by atomic mass is 16.5.